The fourth-order valence-electron chi connectivity index (χ4n) is 1.39. The summed E-state index contributed by atoms with van der Waals surface area (Å²) in [6.45, 7) is 6.89. The van der Waals surface area contributed by atoms with Crippen molar-refractivity contribution in [1.82, 2.24) is 10.2 Å². The Bertz CT molecular complexity index is 208. The predicted molar refractivity (Wildman–Crippen MR) is 56.1 cm³/mol. The molecule has 0 aliphatic carbocycles. The highest BCUT2D eigenvalue weighted by atomic mass is 15.1. The number of likely N-dealkylation sites (N-methyl/N-ethyl adjacent to an activating group) is 1. The molecule has 1 aliphatic heterocycles. The molecule has 3 N–H and O–H groups in total. The lowest BCUT2D eigenvalue weighted by Crippen LogP contribution is -2.32. The lowest BCUT2D eigenvalue weighted by Gasteiger charge is -2.26. The average Bonchev–Trinajstić information content (AvgIpc) is 2.16. The Kier molecular flexibility index (Phi) is 3.83. The van der Waals surface area contributed by atoms with Gasteiger partial charge in [-0.05, 0) is 19.9 Å². The van der Waals surface area contributed by atoms with Gasteiger partial charge >= 0.3 is 0 Å². The third-order valence-corrected chi connectivity index (χ3v) is 2.20. The third kappa shape index (κ3) is 2.77. The molecular formula is C10H19N3. The first-order valence-corrected chi connectivity index (χ1v) is 4.87. The Balaban J connectivity index is 2.55. The number of rotatable bonds is 4. The smallest absolute Gasteiger partial charge is 0.0523 e. The zero-order chi connectivity index (χ0) is 9.68. The molecule has 1 atom stereocenters. The van der Waals surface area contributed by atoms with Crippen molar-refractivity contribution in [1.29, 1.82) is 0 Å². The van der Waals surface area contributed by atoms with Crippen molar-refractivity contribution in [2.45, 2.75) is 19.9 Å². The van der Waals surface area contributed by atoms with E-state index < -0.39 is 0 Å². The molecule has 1 aliphatic rings. The minimum absolute atomic E-state index is 0.445. The Morgan fingerprint density at radius 2 is 2.38 bits per heavy atom. The van der Waals surface area contributed by atoms with Gasteiger partial charge < -0.3 is 16.0 Å². The van der Waals surface area contributed by atoms with E-state index in [-0.39, 0.29) is 0 Å². The molecule has 0 radical (unpaired) electrons. The van der Waals surface area contributed by atoms with E-state index in [2.05, 4.69) is 42.4 Å². The van der Waals surface area contributed by atoms with Crippen LogP contribution in [0.4, 0.5) is 0 Å². The summed E-state index contributed by atoms with van der Waals surface area (Å²) < 4.78 is 0. The van der Waals surface area contributed by atoms with E-state index in [9.17, 15) is 0 Å². The minimum atomic E-state index is 0.445. The predicted octanol–water partition coefficient (Wildman–Crippen LogP) is 0.656. The van der Waals surface area contributed by atoms with Gasteiger partial charge in [0.15, 0.2) is 0 Å². The van der Waals surface area contributed by atoms with Crippen LogP contribution >= 0.6 is 0 Å². The first-order chi connectivity index (χ1) is 6.27. The van der Waals surface area contributed by atoms with E-state index in [1.165, 1.54) is 5.70 Å². The van der Waals surface area contributed by atoms with E-state index in [4.69, 9.17) is 5.73 Å². The normalized spacial score (nSPS) is 20.8. The highest BCUT2D eigenvalue weighted by molar-refractivity contribution is 5.22. The van der Waals surface area contributed by atoms with Gasteiger partial charge in [0.1, 0.15) is 0 Å². The van der Waals surface area contributed by atoms with Crippen molar-refractivity contribution in [2.75, 3.05) is 19.6 Å². The molecule has 0 bridgehead atoms. The van der Waals surface area contributed by atoms with Gasteiger partial charge in [0.05, 0.1) is 5.70 Å². The molecule has 0 amide bonds. The van der Waals surface area contributed by atoms with Gasteiger partial charge in [0.25, 0.3) is 0 Å². The molecule has 3 nitrogen and oxygen atoms in total. The molecule has 1 unspecified atom stereocenters. The van der Waals surface area contributed by atoms with Gasteiger partial charge in [-0.1, -0.05) is 6.08 Å². The van der Waals surface area contributed by atoms with Crippen LogP contribution in [-0.2, 0) is 0 Å². The second kappa shape index (κ2) is 4.92. The summed E-state index contributed by atoms with van der Waals surface area (Å²) in [5.74, 6) is 0. The van der Waals surface area contributed by atoms with Crippen molar-refractivity contribution in [3.05, 3.63) is 24.0 Å². The second-order valence-corrected chi connectivity index (χ2v) is 3.25. The van der Waals surface area contributed by atoms with Gasteiger partial charge in [-0.2, -0.15) is 0 Å². The van der Waals surface area contributed by atoms with E-state index >= 15 is 0 Å². The first kappa shape index (κ1) is 10.1. The molecule has 74 valence electrons. The molecule has 13 heavy (non-hydrogen) atoms. The van der Waals surface area contributed by atoms with Crippen molar-refractivity contribution < 1.29 is 0 Å². The Hall–Kier alpha value is -0.960. The molecule has 1 heterocycles. The first-order valence-electron chi connectivity index (χ1n) is 4.87. The van der Waals surface area contributed by atoms with E-state index in [0.717, 1.165) is 13.1 Å². The second-order valence-electron chi connectivity index (χ2n) is 3.25. The number of allylic oxidation sites excluding steroid dienone is 1. The van der Waals surface area contributed by atoms with Gasteiger partial charge in [-0.3, -0.25) is 0 Å². The summed E-state index contributed by atoms with van der Waals surface area (Å²) in [4.78, 5) is 2.26. The van der Waals surface area contributed by atoms with E-state index in [1.807, 2.05) is 0 Å². The van der Waals surface area contributed by atoms with Crippen LogP contribution in [0, 0.1) is 0 Å². The fraction of sp³-hybridized carbons (Fsp3) is 0.600. The molecule has 0 aromatic carbocycles. The number of nitrogens with zero attached hydrogens (tertiary/aromatic N) is 1. The van der Waals surface area contributed by atoms with Crippen LogP contribution in [0.2, 0.25) is 0 Å². The third-order valence-electron chi connectivity index (χ3n) is 2.20. The van der Waals surface area contributed by atoms with Crippen molar-refractivity contribution in [3.63, 3.8) is 0 Å². The molecular weight excluding hydrogens is 162 g/mol. The van der Waals surface area contributed by atoms with Gasteiger partial charge in [0, 0.05) is 31.9 Å². The molecule has 1 rings (SSSR count). The average molecular weight is 181 g/mol. The topological polar surface area (TPSA) is 41.3 Å². The standard InChI is InChI=1S/C10H19N3/c1-3-13(7-6-11)10-5-4-9(2)12-8-10/h4-5,8-9,12H,3,6-7,11H2,1-2H3. The number of hydrogen-bond acceptors (Lipinski definition) is 3. The van der Waals surface area contributed by atoms with Crippen LogP contribution in [-0.4, -0.2) is 30.6 Å². The Labute approximate surface area is 80.3 Å². The minimum Gasteiger partial charge on any atom is -0.383 e. The van der Waals surface area contributed by atoms with E-state index in [1.54, 1.807) is 0 Å². The van der Waals surface area contributed by atoms with Gasteiger partial charge in [0.2, 0.25) is 0 Å². The van der Waals surface area contributed by atoms with Gasteiger partial charge in [-0.25, -0.2) is 0 Å². The fourth-order valence-corrected chi connectivity index (χ4v) is 1.39. The van der Waals surface area contributed by atoms with Crippen molar-refractivity contribution in [3.8, 4) is 0 Å². The summed E-state index contributed by atoms with van der Waals surface area (Å²) in [6.07, 6.45) is 6.37. The van der Waals surface area contributed by atoms with Gasteiger partial charge in [-0.15, -0.1) is 0 Å². The summed E-state index contributed by atoms with van der Waals surface area (Å²) >= 11 is 0. The van der Waals surface area contributed by atoms with Crippen molar-refractivity contribution >= 4 is 0 Å². The maximum atomic E-state index is 5.53. The van der Waals surface area contributed by atoms with Crippen LogP contribution < -0.4 is 11.1 Å². The Morgan fingerprint density at radius 3 is 2.85 bits per heavy atom. The number of dihydropyridines is 1. The Morgan fingerprint density at radius 1 is 1.62 bits per heavy atom. The van der Waals surface area contributed by atoms with Crippen LogP contribution in [0.1, 0.15) is 13.8 Å². The maximum Gasteiger partial charge on any atom is 0.0523 e. The lowest BCUT2D eigenvalue weighted by atomic mass is 10.2. The lowest BCUT2D eigenvalue weighted by molar-refractivity contribution is 0.378. The highest BCUT2D eigenvalue weighted by Crippen LogP contribution is 2.08. The summed E-state index contributed by atoms with van der Waals surface area (Å²) in [5, 5.41) is 3.27. The van der Waals surface area contributed by atoms with Crippen molar-refractivity contribution in [2.24, 2.45) is 5.73 Å². The number of nitrogens with two attached hydrogens (primary N) is 1. The molecule has 0 spiro atoms. The maximum absolute atomic E-state index is 5.53. The zero-order valence-electron chi connectivity index (χ0n) is 8.46. The van der Waals surface area contributed by atoms with Crippen LogP contribution in [0.5, 0.6) is 0 Å². The van der Waals surface area contributed by atoms with Crippen LogP contribution in [0.25, 0.3) is 0 Å². The largest absolute Gasteiger partial charge is 0.383 e. The SMILES string of the molecule is CCN(CCN)C1=CNC(C)C=C1. The zero-order valence-corrected chi connectivity index (χ0v) is 8.46. The van der Waals surface area contributed by atoms with Crippen LogP contribution in [0.3, 0.4) is 0 Å². The molecule has 0 aromatic rings. The molecule has 3 heteroatoms. The summed E-state index contributed by atoms with van der Waals surface area (Å²) in [5.41, 5.74) is 6.75. The molecule has 0 fully saturated rings. The van der Waals surface area contributed by atoms with E-state index in [0.29, 0.717) is 12.6 Å². The monoisotopic (exact) mass is 181 g/mol. The molecule has 0 saturated carbocycles. The number of nitrogens with one attached hydrogen (secondary N) is 1. The summed E-state index contributed by atoms with van der Waals surface area (Å²) in [7, 11) is 0. The molecule has 0 aromatic heterocycles. The highest BCUT2D eigenvalue weighted by Gasteiger charge is 2.07. The molecule has 0 saturated heterocycles. The summed E-state index contributed by atoms with van der Waals surface area (Å²) in [6, 6.07) is 0.445. The number of hydrogen-bond donors (Lipinski definition) is 2. The quantitative estimate of drug-likeness (QED) is 0.669. The van der Waals surface area contributed by atoms with Crippen LogP contribution in [0.15, 0.2) is 24.0 Å².